The van der Waals surface area contributed by atoms with Crippen LogP contribution in [0.15, 0.2) is 67.0 Å². The molecule has 0 aliphatic rings. The van der Waals surface area contributed by atoms with Gasteiger partial charge in [-0.3, -0.25) is 0 Å². The molecule has 0 bridgehead atoms. The third-order valence-corrected chi connectivity index (χ3v) is 5.81. The lowest BCUT2D eigenvalue weighted by atomic mass is 10.0. The number of nitrogen functional groups attached to an aromatic ring is 1. The summed E-state index contributed by atoms with van der Waals surface area (Å²) in [6.07, 6.45) is 1.48. The number of nitrogens with two attached hydrogens (primary N) is 1. The van der Waals surface area contributed by atoms with Gasteiger partial charge in [-0.2, -0.15) is 5.10 Å². The van der Waals surface area contributed by atoms with Crippen molar-refractivity contribution in [2.75, 3.05) is 5.73 Å². The molecule has 3 aromatic carbocycles. The molecule has 0 saturated carbocycles. The smallest absolute Gasteiger partial charge is 0.164 e. The van der Waals surface area contributed by atoms with Crippen LogP contribution in [0.1, 0.15) is 25.5 Å². The Hall–Kier alpha value is -3.64. The maximum absolute atomic E-state index is 6.23. The molecule has 0 atom stereocenters. The Bertz CT molecular complexity index is 1440. The quantitative estimate of drug-likeness (QED) is 0.358. The second-order valence-electron chi connectivity index (χ2n) is 7.95. The predicted octanol–water partition coefficient (Wildman–Crippen LogP) is 6.04. The fourth-order valence-electron chi connectivity index (χ4n) is 3.79. The number of rotatable bonds is 5. The molecule has 0 radical (unpaired) electrons. The van der Waals surface area contributed by atoms with Crippen molar-refractivity contribution in [2.45, 2.75) is 26.5 Å². The van der Waals surface area contributed by atoms with Crippen molar-refractivity contribution in [3.05, 3.63) is 77.6 Å². The fourth-order valence-corrected chi connectivity index (χ4v) is 3.99. The predicted molar refractivity (Wildman–Crippen MR) is 129 cm³/mol. The van der Waals surface area contributed by atoms with E-state index in [0.29, 0.717) is 17.4 Å². The highest BCUT2D eigenvalue weighted by atomic mass is 35.5. The first-order chi connectivity index (χ1) is 15.5. The van der Waals surface area contributed by atoms with Crippen LogP contribution in [0.4, 0.5) is 5.82 Å². The van der Waals surface area contributed by atoms with Crippen LogP contribution in [0.2, 0.25) is 5.02 Å². The van der Waals surface area contributed by atoms with Crippen LogP contribution in [-0.2, 0) is 6.61 Å². The molecule has 2 N–H and O–H groups in total. The van der Waals surface area contributed by atoms with Gasteiger partial charge in [-0.05, 0) is 48.9 Å². The Morgan fingerprint density at radius 2 is 1.78 bits per heavy atom. The lowest BCUT2D eigenvalue weighted by Crippen LogP contribution is -2.04. The molecule has 0 saturated heterocycles. The average molecular weight is 444 g/mol. The first-order valence-corrected chi connectivity index (χ1v) is 10.8. The minimum atomic E-state index is 0.152. The fraction of sp³-hybridized carbons (Fsp3) is 0.160. The minimum Gasteiger partial charge on any atom is -0.489 e. The normalized spacial score (nSPS) is 11.5. The second-order valence-corrected chi connectivity index (χ2v) is 8.36. The number of anilines is 1. The van der Waals surface area contributed by atoms with Gasteiger partial charge in [-0.15, -0.1) is 0 Å². The molecule has 2 aromatic heterocycles. The van der Waals surface area contributed by atoms with E-state index in [0.717, 1.165) is 44.4 Å². The van der Waals surface area contributed by atoms with Crippen molar-refractivity contribution < 1.29 is 4.74 Å². The Balaban J connectivity index is 1.50. The molecule has 32 heavy (non-hydrogen) atoms. The number of fused-ring (bicyclic) bond motifs is 2. The van der Waals surface area contributed by atoms with Gasteiger partial charge in [-0.1, -0.05) is 48.0 Å². The summed E-state index contributed by atoms with van der Waals surface area (Å²) in [4.78, 5) is 8.60. The van der Waals surface area contributed by atoms with E-state index >= 15 is 0 Å². The maximum atomic E-state index is 6.23. The second kappa shape index (κ2) is 8.13. The Morgan fingerprint density at radius 3 is 2.59 bits per heavy atom. The van der Waals surface area contributed by atoms with Gasteiger partial charge < -0.3 is 10.5 Å². The molecule has 0 aliphatic carbocycles. The van der Waals surface area contributed by atoms with Crippen molar-refractivity contribution in [1.29, 1.82) is 0 Å². The van der Waals surface area contributed by atoms with Gasteiger partial charge in [0.15, 0.2) is 5.65 Å². The van der Waals surface area contributed by atoms with Crippen LogP contribution in [-0.4, -0.2) is 19.7 Å². The van der Waals surface area contributed by atoms with Gasteiger partial charge in [0.2, 0.25) is 0 Å². The zero-order valence-corrected chi connectivity index (χ0v) is 18.5. The van der Waals surface area contributed by atoms with E-state index in [1.165, 1.54) is 6.33 Å². The van der Waals surface area contributed by atoms with Crippen LogP contribution in [0.25, 0.3) is 33.1 Å². The van der Waals surface area contributed by atoms with Crippen LogP contribution in [0, 0.1) is 0 Å². The average Bonchev–Trinajstić information content (AvgIpc) is 3.19. The van der Waals surface area contributed by atoms with Crippen molar-refractivity contribution >= 4 is 39.2 Å². The number of nitrogens with zero attached hydrogens (tertiary/aromatic N) is 4. The summed E-state index contributed by atoms with van der Waals surface area (Å²) in [5.41, 5.74) is 9.65. The van der Waals surface area contributed by atoms with Gasteiger partial charge in [0.05, 0.1) is 5.39 Å². The lowest BCUT2D eigenvalue weighted by molar-refractivity contribution is 0.307. The molecular formula is C25H22ClN5O. The molecular weight excluding hydrogens is 422 g/mol. The molecule has 0 unspecified atom stereocenters. The molecule has 7 heteroatoms. The molecule has 0 amide bonds. The van der Waals surface area contributed by atoms with Gasteiger partial charge in [-0.25, -0.2) is 14.6 Å². The molecule has 6 nitrogen and oxygen atoms in total. The zero-order valence-electron chi connectivity index (χ0n) is 17.8. The van der Waals surface area contributed by atoms with E-state index in [1.54, 1.807) is 0 Å². The molecule has 2 heterocycles. The van der Waals surface area contributed by atoms with Crippen LogP contribution in [0.5, 0.6) is 5.75 Å². The molecule has 0 spiro atoms. The monoisotopic (exact) mass is 443 g/mol. The summed E-state index contributed by atoms with van der Waals surface area (Å²) in [7, 11) is 0. The summed E-state index contributed by atoms with van der Waals surface area (Å²) < 4.78 is 7.85. The number of benzene rings is 3. The van der Waals surface area contributed by atoms with Crippen LogP contribution >= 0.6 is 11.6 Å². The van der Waals surface area contributed by atoms with E-state index < -0.39 is 0 Å². The third-order valence-electron chi connectivity index (χ3n) is 5.44. The summed E-state index contributed by atoms with van der Waals surface area (Å²) in [5.74, 6) is 1.22. The van der Waals surface area contributed by atoms with E-state index in [9.17, 15) is 0 Å². The van der Waals surface area contributed by atoms with Crippen LogP contribution in [0.3, 0.4) is 0 Å². The molecule has 0 aliphatic heterocycles. The van der Waals surface area contributed by atoms with E-state index in [1.807, 2.05) is 53.2 Å². The third kappa shape index (κ3) is 3.63. The first-order valence-electron chi connectivity index (χ1n) is 10.4. The zero-order chi connectivity index (χ0) is 22.2. The molecule has 160 valence electrons. The molecule has 5 aromatic rings. The van der Waals surface area contributed by atoms with Crippen molar-refractivity contribution in [3.63, 3.8) is 0 Å². The summed E-state index contributed by atoms with van der Waals surface area (Å²) in [5, 5.41) is 8.44. The van der Waals surface area contributed by atoms with Gasteiger partial charge >= 0.3 is 0 Å². The summed E-state index contributed by atoms with van der Waals surface area (Å²) in [6.45, 7) is 4.55. The molecule has 0 fully saturated rings. The van der Waals surface area contributed by atoms with Crippen LogP contribution < -0.4 is 10.5 Å². The maximum Gasteiger partial charge on any atom is 0.164 e. The van der Waals surface area contributed by atoms with E-state index in [-0.39, 0.29) is 6.04 Å². The highest BCUT2D eigenvalue weighted by Gasteiger charge is 2.18. The number of aromatic nitrogens is 4. The number of ether oxygens (including phenoxy) is 1. The van der Waals surface area contributed by atoms with Crippen molar-refractivity contribution in [2.24, 2.45) is 0 Å². The number of hydrogen-bond donors (Lipinski definition) is 1. The van der Waals surface area contributed by atoms with Crippen molar-refractivity contribution in [3.8, 4) is 17.0 Å². The van der Waals surface area contributed by atoms with Gasteiger partial charge in [0.1, 0.15) is 30.2 Å². The highest BCUT2D eigenvalue weighted by Crippen LogP contribution is 2.34. The topological polar surface area (TPSA) is 78.9 Å². The summed E-state index contributed by atoms with van der Waals surface area (Å²) in [6, 6.07) is 20.1. The largest absolute Gasteiger partial charge is 0.489 e. The summed E-state index contributed by atoms with van der Waals surface area (Å²) >= 11 is 6.23. The standard InChI is InChI=1S/C25H22ClN5O/c1-15(2)31-25-22(24(27)28-14-29-25)23(30-31)18-8-7-17-12-20(10-9-16(17)11-18)32-13-19-5-3-4-6-21(19)26/h3-12,14-15H,13H2,1-2H3,(H2,27,28,29). The van der Waals surface area contributed by atoms with E-state index in [4.69, 9.17) is 27.2 Å². The van der Waals surface area contributed by atoms with Gasteiger partial charge in [0.25, 0.3) is 0 Å². The Morgan fingerprint density at radius 1 is 1.00 bits per heavy atom. The SMILES string of the molecule is CC(C)n1nc(-c2ccc3cc(OCc4ccccc4Cl)ccc3c2)c2c(N)ncnc21. The highest BCUT2D eigenvalue weighted by molar-refractivity contribution is 6.31. The number of hydrogen-bond acceptors (Lipinski definition) is 5. The Kier molecular flexibility index (Phi) is 5.15. The minimum absolute atomic E-state index is 0.152. The van der Waals surface area contributed by atoms with Gasteiger partial charge in [0, 0.05) is 22.2 Å². The lowest BCUT2D eigenvalue weighted by Gasteiger charge is -2.09. The molecule has 5 rings (SSSR count). The number of halogens is 1. The van der Waals surface area contributed by atoms with E-state index in [2.05, 4.69) is 35.9 Å². The first kappa shape index (κ1) is 20.3. The Labute approximate surface area is 190 Å². The van der Waals surface area contributed by atoms with Crippen molar-refractivity contribution in [1.82, 2.24) is 19.7 Å².